The van der Waals surface area contributed by atoms with Crippen LogP contribution in [0.2, 0.25) is 5.02 Å². The highest BCUT2D eigenvalue weighted by Crippen LogP contribution is 2.31. The van der Waals surface area contributed by atoms with Crippen molar-refractivity contribution in [3.63, 3.8) is 0 Å². The lowest BCUT2D eigenvalue weighted by Crippen LogP contribution is -2.11. The van der Waals surface area contributed by atoms with Crippen molar-refractivity contribution in [2.45, 2.75) is 0 Å². The molecule has 2 nitrogen and oxygen atoms in total. The van der Waals surface area contributed by atoms with Gasteiger partial charge in [0.05, 0.1) is 0 Å². The molecule has 0 spiro atoms. The predicted molar refractivity (Wildman–Crippen MR) is 68.8 cm³/mol. The number of hydrogen-bond donors (Lipinski definition) is 0. The zero-order valence-corrected chi connectivity index (χ0v) is 10.8. The van der Waals surface area contributed by atoms with Crippen LogP contribution in [0.15, 0.2) is 28.9 Å². The molecule has 0 unspecified atom stereocenters. The fourth-order valence-electron chi connectivity index (χ4n) is 1.52. The minimum Gasteiger partial charge on any atom is -0.362 e. The summed E-state index contributed by atoms with van der Waals surface area (Å²) in [5, 5.41) is 2.91. The van der Waals surface area contributed by atoms with Gasteiger partial charge in [0, 0.05) is 40.6 Å². The van der Waals surface area contributed by atoms with Crippen LogP contribution in [0.4, 0.5) is 5.82 Å². The molecule has 1 heterocycles. The van der Waals surface area contributed by atoms with E-state index in [1.165, 1.54) is 0 Å². The molecule has 0 saturated heterocycles. The first kappa shape index (κ1) is 10.7. The first-order valence-corrected chi connectivity index (χ1v) is 5.68. The molecular formula is C11H10BrClN2. The van der Waals surface area contributed by atoms with E-state index in [9.17, 15) is 0 Å². The average molecular weight is 286 g/mol. The summed E-state index contributed by atoms with van der Waals surface area (Å²) < 4.78 is 0.986. The number of aromatic nitrogens is 1. The maximum Gasteiger partial charge on any atom is 0.136 e. The van der Waals surface area contributed by atoms with Gasteiger partial charge in [-0.05, 0) is 28.1 Å². The monoisotopic (exact) mass is 284 g/mol. The van der Waals surface area contributed by atoms with Gasteiger partial charge in [-0.2, -0.15) is 0 Å². The number of anilines is 1. The maximum atomic E-state index is 5.99. The lowest BCUT2D eigenvalue weighted by atomic mass is 10.1. The molecule has 0 amide bonds. The smallest absolute Gasteiger partial charge is 0.136 e. The predicted octanol–water partition coefficient (Wildman–Crippen LogP) is 3.72. The molecule has 15 heavy (non-hydrogen) atoms. The van der Waals surface area contributed by atoms with Crippen LogP contribution >= 0.6 is 27.5 Å². The second-order valence-electron chi connectivity index (χ2n) is 3.51. The Hall–Kier alpha value is -0.800. The zero-order valence-electron chi connectivity index (χ0n) is 8.46. The van der Waals surface area contributed by atoms with Crippen molar-refractivity contribution in [2.75, 3.05) is 19.0 Å². The first-order valence-electron chi connectivity index (χ1n) is 4.50. The molecule has 0 aliphatic heterocycles. The van der Waals surface area contributed by atoms with Gasteiger partial charge in [-0.15, -0.1) is 0 Å². The molecule has 0 bridgehead atoms. The van der Waals surface area contributed by atoms with Crippen molar-refractivity contribution >= 4 is 44.1 Å². The second-order valence-corrected chi connectivity index (χ2v) is 4.80. The van der Waals surface area contributed by atoms with Crippen molar-refractivity contribution in [3.05, 3.63) is 33.9 Å². The Bertz CT molecular complexity index is 511. The van der Waals surface area contributed by atoms with E-state index in [4.69, 9.17) is 11.6 Å². The molecule has 0 saturated carbocycles. The molecule has 0 fully saturated rings. The fraction of sp³-hybridized carbons (Fsp3) is 0.182. The summed E-state index contributed by atoms with van der Waals surface area (Å²) in [5.41, 5.74) is 0. The lowest BCUT2D eigenvalue weighted by Gasteiger charge is -2.14. The Morgan fingerprint density at radius 1 is 1.27 bits per heavy atom. The van der Waals surface area contributed by atoms with Gasteiger partial charge in [-0.3, -0.25) is 0 Å². The van der Waals surface area contributed by atoms with Gasteiger partial charge in [0.15, 0.2) is 0 Å². The van der Waals surface area contributed by atoms with Gasteiger partial charge in [-0.1, -0.05) is 17.7 Å². The minimum atomic E-state index is 0.727. The van der Waals surface area contributed by atoms with Crippen molar-refractivity contribution in [1.29, 1.82) is 0 Å². The molecule has 1 aromatic carbocycles. The topological polar surface area (TPSA) is 16.1 Å². The Balaban J connectivity index is 2.84. The van der Waals surface area contributed by atoms with Crippen LogP contribution in [0.25, 0.3) is 10.8 Å². The minimum absolute atomic E-state index is 0.727. The van der Waals surface area contributed by atoms with Crippen molar-refractivity contribution < 1.29 is 0 Å². The summed E-state index contributed by atoms with van der Waals surface area (Å²) in [6.07, 6.45) is 1.81. The summed E-state index contributed by atoms with van der Waals surface area (Å²) >= 11 is 9.47. The Labute approximate surface area is 102 Å². The van der Waals surface area contributed by atoms with E-state index >= 15 is 0 Å². The number of nitrogens with zero attached hydrogens (tertiary/aromatic N) is 2. The van der Waals surface area contributed by atoms with Crippen molar-refractivity contribution in [1.82, 2.24) is 4.98 Å². The van der Waals surface area contributed by atoms with Crippen LogP contribution < -0.4 is 4.90 Å². The molecule has 1 aromatic heterocycles. The van der Waals surface area contributed by atoms with Crippen LogP contribution in [0.1, 0.15) is 0 Å². The second kappa shape index (κ2) is 3.99. The molecule has 0 radical (unpaired) electrons. The highest BCUT2D eigenvalue weighted by molar-refractivity contribution is 9.10. The summed E-state index contributed by atoms with van der Waals surface area (Å²) in [6.45, 7) is 0. The van der Waals surface area contributed by atoms with Gasteiger partial charge in [0.2, 0.25) is 0 Å². The van der Waals surface area contributed by atoms with Crippen molar-refractivity contribution in [3.8, 4) is 0 Å². The van der Waals surface area contributed by atoms with E-state index in [1.54, 1.807) is 0 Å². The molecular weight excluding hydrogens is 275 g/mol. The number of fused-ring (bicyclic) bond motifs is 1. The van der Waals surface area contributed by atoms with Gasteiger partial charge in [-0.25, -0.2) is 4.98 Å². The Morgan fingerprint density at radius 2 is 2.00 bits per heavy atom. The van der Waals surface area contributed by atoms with E-state index in [2.05, 4.69) is 20.9 Å². The Kier molecular flexibility index (Phi) is 2.85. The molecule has 0 atom stereocenters. The Morgan fingerprint density at radius 3 is 2.67 bits per heavy atom. The third-order valence-corrected chi connectivity index (χ3v) is 3.07. The van der Waals surface area contributed by atoms with Gasteiger partial charge < -0.3 is 4.90 Å². The standard InChI is InChI=1S/C11H10BrClN2/c1-15(2)11-9-5-7(13)3-4-8(9)10(12)6-14-11/h3-6H,1-2H3. The highest BCUT2D eigenvalue weighted by Gasteiger charge is 2.07. The molecule has 0 aliphatic rings. The third kappa shape index (κ3) is 1.94. The molecule has 0 aliphatic carbocycles. The number of halogens is 2. The highest BCUT2D eigenvalue weighted by atomic mass is 79.9. The van der Waals surface area contributed by atoms with Crippen LogP contribution in [0.5, 0.6) is 0 Å². The number of pyridine rings is 1. The largest absolute Gasteiger partial charge is 0.362 e. The first-order chi connectivity index (χ1) is 7.09. The van der Waals surface area contributed by atoms with Gasteiger partial charge in [0.25, 0.3) is 0 Å². The molecule has 2 rings (SSSR count). The SMILES string of the molecule is CN(C)c1ncc(Br)c2ccc(Cl)cc12. The fourth-order valence-corrected chi connectivity index (χ4v) is 2.14. The summed E-state index contributed by atoms with van der Waals surface area (Å²) in [5.74, 6) is 0.927. The number of hydrogen-bond acceptors (Lipinski definition) is 2. The van der Waals surface area contributed by atoms with E-state index in [0.29, 0.717) is 0 Å². The summed E-state index contributed by atoms with van der Waals surface area (Å²) in [4.78, 5) is 6.34. The number of benzene rings is 1. The van der Waals surface area contributed by atoms with Crippen LogP contribution in [-0.4, -0.2) is 19.1 Å². The summed E-state index contributed by atoms with van der Waals surface area (Å²) in [7, 11) is 3.94. The van der Waals surface area contributed by atoms with Crippen LogP contribution in [0, 0.1) is 0 Å². The van der Waals surface area contributed by atoms with E-state index in [1.807, 2.05) is 43.4 Å². The third-order valence-electron chi connectivity index (χ3n) is 2.20. The maximum absolute atomic E-state index is 5.99. The lowest BCUT2D eigenvalue weighted by molar-refractivity contribution is 1.08. The van der Waals surface area contributed by atoms with Crippen molar-refractivity contribution in [2.24, 2.45) is 0 Å². The van der Waals surface area contributed by atoms with Crippen LogP contribution in [0.3, 0.4) is 0 Å². The molecule has 78 valence electrons. The van der Waals surface area contributed by atoms with E-state index in [0.717, 1.165) is 26.1 Å². The summed E-state index contributed by atoms with van der Waals surface area (Å²) in [6, 6.07) is 5.81. The van der Waals surface area contributed by atoms with Gasteiger partial charge in [0.1, 0.15) is 5.82 Å². The number of rotatable bonds is 1. The molecule has 0 N–H and O–H groups in total. The zero-order chi connectivity index (χ0) is 11.0. The van der Waals surface area contributed by atoms with E-state index in [-0.39, 0.29) is 0 Å². The molecule has 4 heteroatoms. The van der Waals surface area contributed by atoms with Gasteiger partial charge >= 0.3 is 0 Å². The average Bonchev–Trinajstić information content (AvgIpc) is 2.17. The quantitative estimate of drug-likeness (QED) is 0.794. The van der Waals surface area contributed by atoms with E-state index < -0.39 is 0 Å². The van der Waals surface area contributed by atoms with Crippen LogP contribution in [-0.2, 0) is 0 Å². The normalized spacial score (nSPS) is 10.7. The molecule has 2 aromatic rings.